The number of methoxy groups -OCH3 is 1. The molecule has 4 heteroatoms. The van der Waals surface area contributed by atoms with E-state index in [9.17, 15) is 4.79 Å². The lowest BCUT2D eigenvalue weighted by molar-refractivity contribution is -0.138. The van der Waals surface area contributed by atoms with Crippen molar-refractivity contribution in [2.75, 3.05) is 13.7 Å². The molecule has 4 nitrogen and oxygen atoms in total. The van der Waals surface area contributed by atoms with Crippen molar-refractivity contribution in [1.82, 2.24) is 0 Å². The van der Waals surface area contributed by atoms with E-state index in [4.69, 9.17) is 15.6 Å². The summed E-state index contributed by atoms with van der Waals surface area (Å²) in [6.07, 6.45) is 1.82. The highest BCUT2D eigenvalue weighted by molar-refractivity contribution is 5.76. The van der Waals surface area contributed by atoms with E-state index in [2.05, 4.69) is 13.8 Å². The maximum absolute atomic E-state index is 11.0. The lowest BCUT2D eigenvalue weighted by atomic mass is 9.95. The zero-order valence-corrected chi connectivity index (χ0v) is 11.8. The smallest absolute Gasteiger partial charge is 0.312 e. The summed E-state index contributed by atoms with van der Waals surface area (Å²) < 4.78 is 5.38. The molecule has 0 aliphatic heterocycles. The molecule has 1 rings (SSSR count). The Balaban J connectivity index is 2.69. The van der Waals surface area contributed by atoms with E-state index >= 15 is 0 Å². The Morgan fingerprint density at radius 2 is 1.95 bits per heavy atom. The zero-order chi connectivity index (χ0) is 14.5. The number of aryl methyl sites for hydroxylation is 1. The fourth-order valence-electron chi connectivity index (χ4n) is 1.84. The van der Waals surface area contributed by atoms with E-state index in [0.29, 0.717) is 0 Å². The highest BCUT2D eigenvalue weighted by Crippen LogP contribution is 2.19. The van der Waals surface area contributed by atoms with Crippen LogP contribution in [0.2, 0.25) is 0 Å². The third-order valence-corrected chi connectivity index (χ3v) is 3.48. The molecule has 0 spiro atoms. The van der Waals surface area contributed by atoms with Crippen LogP contribution in [0.5, 0.6) is 0 Å². The minimum atomic E-state index is -0.879. The number of hydrogen-bond acceptors (Lipinski definition) is 3. The van der Waals surface area contributed by atoms with Gasteiger partial charge in [0.15, 0.2) is 0 Å². The Morgan fingerprint density at radius 3 is 2.37 bits per heavy atom. The lowest BCUT2D eigenvalue weighted by Gasteiger charge is -2.22. The van der Waals surface area contributed by atoms with Crippen LogP contribution in [0.25, 0.3) is 0 Å². The monoisotopic (exact) mass is 265 g/mol. The summed E-state index contributed by atoms with van der Waals surface area (Å²) in [5, 5.41) is 9.04. The van der Waals surface area contributed by atoms with Crippen molar-refractivity contribution < 1.29 is 14.6 Å². The largest absolute Gasteiger partial charge is 0.481 e. The lowest BCUT2D eigenvalue weighted by Crippen LogP contribution is -2.23. The standard InChI is InChI=1S/C15H23NO3/c1-15(2,19-3)9-8-11-4-6-12(7-5-11)13(10-16)14(17)18/h4-7,13H,8-10,16H2,1-3H3,(H,17,18). The van der Waals surface area contributed by atoms with Gasteiger partial charge in [0.1, 0.15) is 0 Å². The van der Waals surface area contributed by atoms with Gasteiger partial charge in [-0.25, -0.2) is 0 Å². The van der Waals surface area contributed by atoms with Crippen LogP contribution in [0.15, 0.2) is 24.3 Å². The van der Waals surface area contributed by atoms with Gasteiger partial charge in [0, 0.05) is 13.7 Å². The van der Waals surface area contributed by atoms with Gasteiger partial charge in [0.25, 0.3) is 0 Å². The molecule has 1 unspecified atom stereocenters. The van der Waals surface area contributed by atoms with Gasteiger partial charge < -0.3 is 15.6 Å². The van der Waals surface area contributed by atoms with Gasteiger partial charge in [-0.2, -0.15) is 0 Å². The molecule has 0 heterocycles. The maximum atomic E-state index is 11.0. The Morgan fingerprint density at radius 1 is 1.37 bits per heavy atom. The fourth-order valence-corrected chi connectivity index (χ4v) is 1.84. The fraction of sp³-hybridized carbons (Fsp3) is 0.533. The van der Waals surface area contributed by atoms with Crippen LogP contribution in [0.3, 0.4) is 0 Å². The first-order valence-corrected chi connectivity index (χ1v) is 6.46. The molecular weight excluding hydrogens is 242 g/mol. The third kappa shape index (κ3) is 4.65. The Hall–Kier alpha value is -1.39. The van der Waals surface area contributed by atoms with Crippen LogP contribution in [0, 0.1) is 0 Å². The third-order valence-electron chi connectivity index (χ3n) is 3.48. The normalized spacial score (nSPS) is 13.3. The van der Waals surface area contributed by atoms with E-state index in [1.54, 1.807) is 7.11 Å². The summed E-state index contributed by atoms with van der Waals surface area (Å²) >= 11 is 0. The van der Waals surface area contributed by atoms with Crippen molar-refractivity contribution in [3.63, 3.8) is 0 Å². The quantitative estimate of drug-likeness (QED) is 0.792. The van der Waals surface area contributed by atoms with Gasteiger partial charge in [0.2, 0.25) is 0 Å². The van der Waals surface area contributed by atoms with Gasteiger partial charge in [-0.1, -0.05) is 24.3 Å². The molecule has 0 bridgehead atoms. The molecule has 1 aromatic carbocycles. The van der Waals surface area contributed by atoms with Gasteiger partial charge in [0.05, 0.1) is 11.5 Å². The highest BCUT2D eigenvalue weighted by Gasteiger charge is 2.18. The summed E-state index contributed by atoms with van der Waals surface area (Å²) in [5.41, 5.74) is 7.27. The Kier molecular flexibility index (Phi) is 5.51. The topological polar surface area (TPSA) is 72.5 Å². The highest BCUT2D eigenvalue weighted by atomic mass is 16.5. The second-order valence-corrected chi connectivity index (χ2v) is 5.33. The van der Waals surface area contributed by atoms with Crippen molar-refractivity contribution in [2.24, 2.45) is 5.73 Å². The van der Waals surface area contributed by atoms with E-state index in [0.717, 1.165) is 18.4 Å². The average Bonchev–Trinajstić information content (AvgIpc) is 2.38. The minimum Gasteiger partial charge on any atom is -0.481 e. The molecule has 0 fully saturated rings. The molecule has 106 valence electrons. The number of nitrogens with two attached hydrogens (primary N) is 1. The van der Waals surface area contributed by atoms with Crippen LogP contribution < -0.4 is 5.73 Å². The molecule has 0 saturated heterocycles. The van der Waals surface area contributed by atoms with Crippen molar-refractivity contribution in [2.45, 2.75) is 38.2 Å². The number of rotatable bonds is 7. The number of carbonyl (C=O) groups is 1. The number of ether oxygens (including phenoxy) is 1. The molecule has 0 saturated carbocycles. The molecule has 3 N–H and O–H groups in total. The SMILES string of the molecule is COC(C)(C)CCc1ccc(C(CN)C(=O)O)cc1. The number of carboxylic acid groups (broad SMARTS) is 1. The minimum absolute atomic E-state index is 0.116. The van der Waals surface area contributed by atoms with Crippen molar-refractivity contribution in [3.8, 4) is 0 Å². The molecule has 0 radical (unpaired) electrons. The van der Waals surface area contributed by atoms with Crippen molar-refractivity contribution in [1.29, 1.82) is 0 Å². The Labute approximate surface area is 114 Å². The first kappa shape index (κ1) is 15.7. The first-order valence-electron chi connectivity index (χ1n) is 6.46. The maximum Gasteiger partial charge on any atom is 0.312 e. The second-order valence-electron chi connectivity index (χ2n) is 5.33. The van der Waals surface area contributed by atoms with Gasteiger partial charge >= 0.3 is 5.97 Å². The van der Waals surface area contributed by atoms with Crippen LogP contribution in [-0.2, 0) is 16.0 Å². The number of carboxylic acids is 1. The van der Waals surface area contributed by atoms with Gasteiger partial charge in [-0.05, 0) is 37.8 Å². The average molecular weight is 265 g/mol. The Bertz CT molecular complexity index is 412. The van der Waals surface area contributed by atoms with Gasteiger partial charge in [-0.15, -0.1) is 0 Å². The van der Waals surface area contributed by atoms with E-state index in [1.807, 2.05) is 24.3 Å². The zero-order valence-electron chi connectivity index (χ0n) is 11.8. The summed E-state index contributed by atoms with van der Waals surface area (Å²) in [6.45, 7) is 4.22. The molecule has 0 amide bonds. The second kappa shape index (κ2) is 6.68. The number of benzene rings is 1. The molecule has 19 heavy (non-hydrogen) atoms. The van der Waals surface area contributed by atoms with E-state index in [-0.39, 0.29) is 12.1 Å². The van der Waals surface area contributed by atoms with Crippen molar-refractivity contribution in [3.05, 3.63) is 35.4 Å². The molecule has 0 aromatic heterocycles. The number of aliphatic carboxylic acids is 1. The first-order chi connectivity index (χ1) is 8.89. The van der Waals surface area contributed by atoms with Gasteiger partial charge in [-0.3, -0.25) is 4.79 Å². The molecule has 1 aromatic rings. The summed E-state index contributed by atoms with van der Waals surface area (Å²) in [5.74, 6) is -1.50. The molecule has 0 aliphatic rings. The summed E-state index contributed by atoms with van der Waals surface area (Å²) in [7, 11) is 1.71. The van der Waals surface area contributed by atoms with Crippen LogP contribution in [0.4, 0.5) is 0 Å². The van der Waals surface area contributed by atoms with E-state index in [1.165, 1.54) is 5.56 Å². The van der Waals surface area contributed by atoms with Crippen LogP contribution in [0.1, 0.15) is 37.3 Å². The molecule has 0 aliphatic carbocycles. The van der Waals surface area contributed by atoms with E-state index < -0.39 is 11.9 Å². The summed E-state index contributed by atoms with van der Waals surface area (Å²) in [6, 6.07) is 7.63. The van der Waals surface area contributed by atoms with Crippen LogP contribution in [-0.4, -0.2) is 30.3 Å². The molecular formula is C15H23NO3. The van der Waals surface area contributed by atoms with Crippen LogP contribution >= 0.6 is 0 Å². The van der Waals surface area contributed by atoms with Crippen molar-refractivity contribution >= 4 is 5.97 Å². The molecule has 1 atom stereocenters. The number of hydrogen-bond donors (Lipinski definition) is 2. The predicted molar refractivity (Wildman–Crippen MR) is 75.3 cm³/mol. The summed E-state index contributed by atoms with van der Waals surface area (Å²) in [4.78, 5) is 11.0. The predicted octanol–water partition coefficient (Wildman–Crippen LogP) is 2.17.